The van der Waals surface area contributed by atoms with Gasteiger partial charge in [-0.3, -0.25) is 4.79 Å². The number of fused-ring (bicyclic) bond motifs is 1. The number of nitrogens with zero attached hydrogens (tertiary/aromatic N) is 4. The number of likely N-dealkylation sites (tertiary alicyclic amines) is 1. The van der Waals surface area contributed by atoms with Crippen molar-refractivity contribution in [3.05, 3.63) is 18.0 Å². The van der Waals surface area contributed by atoms with Gasteiger partial charge in [-0.25, -0.2) is 14.8 Å². The van der Waals surface area contributed by atoms with Crippen molar-refractivity contribution in [2.24, 2.45) is 0 Å². The van der Waals surface area contributed by atoms with Crippen LogP contribution < -0.4 is 5.32 Å². The largest absolute Gasteiger partial charge is 0.444 e. The fourth-order valence-corrected chi connectivity index (χ4v) is 4.88. The number of anilines is 1. The van der Waals surface area contributed by atoms with Gasteiger partial charge in [0.2, 0.25) is 0 Å². The summed E-state index contributed by atoms with van der Waals surface area (Å²) in [5.41, 5.74) is 1.29. The zero-order valence-corrected chi connectivity index (χ0v) is 24.0. The first-order chi connectivity index (χ1) is 16.9. The van der Waals surface area contributed by atoms with Crippen LogP contribution in [0.25, 0.3) is 11.2 Å². The Hall–Kier alpha value is -2.46. The van der Waals surface area contributed by atoms with E-state index in [2.05, 4.69) is 29.9 Å². The van der Waals surface area contributed by atoms with Crippen LogP contribution in [0.15, 0.2) is 12.4 Å². The number of ether oxygens (including phenoxy) is 2. The Morgan fingerprint density at radius 1 is 1.25 bits per heavy atom. The van der Waals surface area contributed by atoms with E-state index in [9.17, 15) is 9.59 Å². The van der Waals surface area contributed by atoms with Crippen molar-refractivity contribution in [2.75, 3.05) is 25.0 Å². The normalized spacial score (nSPS) is 16.9. The van der Waals surface area contributed by atoms with Crippen molar-refractivity contribution < 1.29 is 19.1 Å². The average molecular weight is 518 g/mol. The Labute approximate surface area is 216 Å². The Morgan fingerprint density at radius 3 is 2.67 bits per heavy atom. The van der Waals surface area contributed by atoms with Gasteiger partial charge in [-0.15, -0.1) is 0 Å². The van der Waals surface area contributed by atoms with Crippen molar-refractivity contribution in [3.63, 3.8) is 0 Å². The van der Waals surface area contributed by atoms with Gasteiger partial charge in [-0.2, -0.15) is 0 Å². The maximum absolute atomic E-state index is 12.9. The van der Waals surface area contributed by atoms with Crippen LogP contribution in [-0.2, 0) is 16.2 Å². The van der Waals surface area contributed by atoms with Gasteiger partial charge in [-0.05, 0) is 46.1 Å². The number of piperidine rings is 1. The molecule has 10 heteroatoms. The smallest absolute Gasteiger partial charge is 0.410 e. The molecule has 36 heavy (non-hydrogen) atoms. The number of amides is 1. The van der Waals surface area contributed by atoms with Gasteiger partial charge < -0.3 is 24.3 Å². The minimum Gasteiger partial charge on any atom is -0.444 e. The molecule has 3 heterocycles. The van der Waals surface area contributed by atoms with Gasteiger partial charge in [0.15, 0.2) is 11.4 Å². The number of ketones is 1. The molecule has 0 bridgehead atoms. The molecule has 1 aliphatic heterocycles. The lowest BCUT2D eigenvalue weighted by Crippen LogP contribution is -2.47. The average Bonchev–Trinajstić information content (AvgIpc) is 3.13. The highest BCUT2D eigenvalue weighted by Crippen LogP contribution is 2.24. The highest BCUT2D eigenvalue weighted by atomic mass is 28.3. The van der Waals surface area contributed by atoms with E-state index in [4.69, 9.17) is 14.5 Å². The molecule has 200 valence electrons. The van der Waals surface area contributed by atoms with E-state index in [0.29, 0.717) is 55.4 Å². The summed E-state index contributed by atoms with van der Waals surface area (Å²) in [6, 6.07) is 1.11. The summed E-state index contributed by atoms with van der Waals surface area (Å²) in [4.78, 5) is 36.6. The fourth-order valence-electron chi connectivity index (χ4n) is 4.12. The minimum absolute atomic E-state index is 0.0276. The van der Waals surface area contributed by atoms with E-state index >= 15 is 0 Å². The third-order valence-corrected chi connectivity index (χ3v) is 7.70. The molecule has 2 aromatic rings. The molecule has 9 nitrogen and oxygen atoms in total. The molecule has 1 fully saturated rings. The second kappa shape index (κ2) is 11.7. The zero-order chi connectivity index (χ0) is 26.5. The molecule has 1 atom stereocenters. The van der Waals surface area contributed by atoms with E-state index in [1.807, 2.05) is 38.5 Å². The van der Waals surface area contributed by atoms with Crippen LogP contribution >= 0.6 is 0 Å². The first-order valence-electron chi connectivity index (χ1n) is 13.1. The van der Waals surface area contributed by atoms with Gasteiger partial charge in [0.1, 0.15) is 23.7 Å². The summed E-state index contributed by atoms with van der Waals surface area (Å²) >= 11 is 0. The summed E-state index contributed by atoms with van der Waals surface area (Å²) in [7, 11) is -1.18. The molecule has 0 radical (unpaired) electrons. The fraction of sp³-hybridized carbons (Fsp3) is 0.692. The summed E-state index contributed by atoms with van der Waals surface area (Å²) in [5.74, 6) is 0.657. The molecule has 3 rings (SSSR count). The Kier molecular flexibility index (Phi) is 9.16. The standard InChI is InChI=1S/C26H43N5O4Si/c1-8-10-21(32)20-17-31(18-34-13-14-36(5,6)7)24-23(20)29-22(15-27-24)28-19-11-9-12-30(16-19)25(33)35-26(2,3)4/h15,17,19H,8-14,16,18H2,1-7H3,(H,28,29). The van der Waals surface area contributed by atoms with Gasteiger partial charge in [0.25, 0.3) is 0 Å². The first-order valence-corrected chi connectivity index (χ1v) is 16.8. The summed E-state index contributed by atoms with van der Waals surface area (Å²) in [6.45, 7) is 16.8. The number of carbonyl (C=O) groups is 2. The maximum atomic E-state index is 12.9. The van der Waals surface area contributed by atoms with E-state index < -0.39 is 13.7 Å². The number of Topliss-reactive ketones (excluding diaryl/α,β-unsaturated/α-hetero) is 1. The lowest BCUT2D eigenvalue weighted by molar-refractivity contribution is 0.0206. The van der Waals surface area contributed by atoms with E-state index in [1.165, 1.54) is 0 Å². The van der Waals surface area contributed by atoms with Crippen LogP contribution in [0.1, 0.15) is 63.7 Å². The molecule has 2 aromatic heterocycles. The molecule has 1 unspecified atom stereocenters. The number of hydrogen-bond donors (Lipinski definition) is 1. The summed E-state index contributed by atoms with van der Waals surface area (Å²) in [6.07, 6.45) is 6.24. The summed E-state index contributed by atoms with van der Waals surface area (Å²) < 4.78 is 13.4. The molecule has 0 saturated carbocycles. The second-order valence-corrected chi connectivity index (χ2v) is 17.5. The van der Waals surface area contributed by atoms with Crippen molar-refractivity contribution >= 4 is 36.9 Å². The predicted molar refractivity (Wildman–Crippen MR) is 145 cm³/mol. The molecule has 1 amide bonds. The van der Waals surface area contributed by atoms with Crippen LogP contribution in [0.3, 0.4) is 0 Å². The quantitative estimate of drug-likeness (QED) is 0.251. The SMILES string of the molecule is CCCC(=O)c1cn(COCC[Si](C)(C)C)c2ncc(NC3CCCN(C(=O)OC(C)(C)C)C3)nc12. The topological polar surface area (TPSA) is 98.6 Å². The molecular weight excluding hydrogens is 474 g/mol. The number of hydrogen-bond acceptors (Lipinski definition) is 7. The lowest BCUT2D eigenvalue weighted by Gasteiger charge is -2.34. The van der Waals surface area contributed by atoms with Crippen molar-refractivity contribution in [2.45, 2.75) is 97.4 Å². The molecule has 1 saturated heterocycles. The lowest BCUT2D eigenvalue weighted by atomic mass is 10.1. The van der Waals surface area contributed by atoms with Crippen molar-refractivity contribution in [3.8, 4) is 0 Å². The van der Waals surface area contributed by atoms with Crippen molar-refractivity contribution in [1.82, 2.24) is 19.4 Å². The minimum atomic E-state index is -1.18. The van der Waals surface area contributed by atoms with Crippen LogP contribution in [0.2, 0.25) is 25.7 Å². The van der Waals surface area contributed by atoms with Crippen LogP contribution in [0.5, 0.6) is 0 Å². The number of nitrogens with one attached hydrogen (secondary N) is 1. The molecule has 0 spiro atoms. The highest BCUT2D eigenvalue weighted by molar-refractivity contribution is 6.76. The van der Waals surface area contributed by atoms with Crippen LogP contribution in [0.4, 0.5) is 10.6 Å². The predicted octanol–water partition coefficient (Wildman–Crippen LogP) is 5.54. The van der Waals surface area contributed by atoms with Gasteiger partial charge in [0, 0.05) is 46.4 Å². The molecule has 1 N–H and O–H groups in total. The summed E-state index contributed by atoms with van der Waals surface area (Å²) in [5, 5.41) is 3.43. The Bertz CT molecular complexity index is 1060. The highest BCUT2D eigenvalue weighted by Gasteiger charge is 2.28. The molecule has 0 aliphatic carbocycles. The van der Waals surface area contributed by atoms with E-state index in [1.54, 1.807) is 11.1 Å². The first kappa shape index (κ1) is 28.1. The van der Waals surface area contributed by atoms with Gasteiger partial charge in [-0.1, -0.05) is 26.6 Å². The van der Waals surface area contributed by atoms with Crippen LogP contribution in [0, 0.1) is 0 Å². The molecule has 0 aromatic carbocycles. The number of rotatable bonds is 10. The maximum Gasteiger partial charge on any atom is 0.410 e. The molecular formula is C26H43N5O4Si. The molecule has 1 aliphatic rings. The van der Waals surface area contributed by atoms with Gasteiger partial charge >= 0.3 is 6.09 Å². The Balaban J connectivity index is 1.76. The number of carbonyl (C=O) groups excluding carboxylic acids is 2. The van der Waals surface area contributed by atoms with E-state index in [-0.39, 0.29) is 17.9 Å². The monoisotopic (exact) mass is 517 g/mol. The van der Waals surface area contributed by atoms with Gasteiger partial charge in [0.05, 0.1) is 11.8 Å². The van der Waals surface area contributed by atoms with E-state index in [0.717, 1.165) is 25.3 Å². The zero-order valence-electron chi connectivity index (χ0n) is 23.0. The third-order valence-electron chi connectivity index (χ3n) is 5.99. The number of aromatic nitrogens is 3. The third kappa shape index (κ3) is 8.02. The second-order valence-electron chi connectivity index (χ2n) is 11.9. The Morgan fingerprint density at radius 2 is 2.00 bits per heavy atom. The van der Waals surface area contributed by atoms with Crippen LogP contribution in [-0.4, -0.2) is 70.7 Å². The van der Waals surface area contributed by atoms with Crippen molar-refractivity contribution in [1.29, 1.82) is 0 Å².